The van der Waals surface area contributed by atoms with Crippen molar-refractivity contribution in [1.29, 1.82) is 0 Å². The minimum atomic E-state index is -0.0712. The lowest BCUT2D eigenvalue weighted by atomic mass is 10.2. The highest BCUT2D eigenvalue weighted by Gasteiger charge is 2.04. The van der Waals surface area contributed by atoms with Gasteiger partial charge in [-0.05, 0) is 26.0 Å². The van der Waals surface area contributed by atoms with Gasteiger partial charge in [-0.3, -0.25) is 9.78 Å². The maximum Gasteiger partial charge on any atom is 0.253 e. The number of amides is 1. The van der Waals surface area contributed by atoms with Gasteiger partial charge >= 0.3 is 0 Å². The maximum absolute atomic E-state index is 11.3. The van der Waals surface area contributed by atoms with Gasteiger partial charge < -0.3 is 5.32 Å². The van der Waals surface area contributed by atoms with Crippen LogP contribution < -0.4 is 5.32 Å². The Morgan fingerprint density at radius 1 is 1.58 bits per heavy atom. The second-order valence-corrected chi connectivity index (χ2v) is 2.87. The first-order chi connectivity index (χ1) is 5.70. The van der Waals surface area contributed by atoms with Crippen LogP contribution in [-0.4, -0.2) is 16.9 Å². The van der Waals surface area contributed by atoms with Crippen molar-refractivity contribution in [3.05, 3.63) is 30.1 Å². The summed E-state index contributed by atoms with van der Waals surface area (Å²) in [6.45, 7) is 3.85. The van der Waals surface area contributed by atoms with Crippen molar-refractivity contribution in [2.24, 2.45) is 0 Å². The largest absolute Gasteiger partial charge is 0.350 e. The van der Waals surface area contributed by atoms with Crippen molar-refractivity contribution in [1.82, 2.24) is 10.3 Å². The molecule has 1 N–H and O–H groups in total. The number of carbonyl (C=O) groups is 1. The van der Waals surface area contributed by atoms with Crippen molar-refractivity contribution in [3.8, 4) is 0 Å². The summed E-state index contributed by atoms with van der Waals surface area (Å²) in [5, 5.41) is 2.78. The first-order valence-electron chi connectivity index (χ1n) is 3.91. The highest BCUT2D eigenvalue weighted by atomic mass is 16.1. The summed E-state index contributed by atoms with van der Waals surface area (Å²) < 4.78 is 0. The smallest absolute Gasteiger partial charge is 0.253 e. The van der Waals surface area contributed by atoms with E-state index in [9.17, 15) is 4.79 Å². The Labute approximate surface area is 71.8 Å². The molecular formula is C9H12N2O. The highest BCUT2D eigenvalue weighted by molar-refractivity contribution is 5.93. The van der Waals surface area contributed by atoms with E-state index in [1.807, 2.05) is 13.8 Å². The SMILES string of the molecule is CC(C)NC(=O)c1cccnc1. The Bertz CT molecular complexity index is 256. The second-order valence-electron chi connectivity index (χ2n) is 2.87. The lowest BCUT2D eigenvalue weighted by Gasteiger charge is -2.06. The van der Waals surface area contributed by atoms with Crippen molar-refractivity contribution < 1.29 is 4.79 Å². The lowest BCUT2D eigenvalue weighted by Crippen LogP contribution is -2.30. The zero-order chi connectivity index (χ0) is 8.97. The Hall–Kier alpha value is -1.38. The third-order valence-electron chi connectivity index (χ3n) is 1.34. The van der Waals surface area contributed by atoms with Crippen LogP contribution in [0.25, 0.3) is 0 Å². The average Bonchev–Trinajstić information content (AvgIpc) is 2.05. The molecule has 0 fully saturated rings. The van der Waals surface area contributed by atoms with Gasteiger partial charge in [0, 0.05) is 18.4 Å². The quantitative estimate of drug-likeness (QED) is 0.714. The van der Waals surface area contributed by atoms with Gasteiger partial charge in [0.1, 0.15) is 0 Å². The monoisotopic (exact) mass is 164 g/mol. The zero-order valence-electron chi connectivity index (χ0n) is 7.24. The summed E-state index contributed by atoms with van der Waals surface area (Å²) in [5.74, 6) is -0.0712. The predicted octanol–water partition coefficient (Wildman–Crippen LogP) is 1.22. The zero-order valence-corrected chi connectivity index (χ0v) is 7.24. The number of hydrogen-bond acceptors (Lipinski definition) is 2. The molecule has 0 saturated carbocycles. The molecular weight excluding hydrogens is 152 g/mol. The van der Waals surface area contributed by atoms with Gasteiger partial charge in [-0.15, -0.1) is 0 Å². The van der Waals surface area contributed by atoms with E-state index in [1.165, 1.54) is 0 Å². The van der Waals surface area contributed by atoms with Crippen LogP contribution >= 0.6 is 0 Å². The van der Waals surface area contributed by atoms with E-state index in [1.54, 1.807) is 24.5 Å². The molecule has 1 amide bonds. The van der Waals surface area contributed by atoms with Gasteiger partial charge in [0.25, 0.3) is 5.91 Å². The van der Waals surface area contributed by atoms with E-state index in [4.69, 9.17) is 0 Å². The van der Waals surface area contributed by atoms with Crippen molar-refractivity contribution in [2.45, 2.75) is 19.9 Å². The molecule has 1 rings (SSSR count). The van der Waals surface area contributed by atoms with E-state index in [0.717, 1.165) is 0 Å². The van der Waals surface area contributed by atoms with Crippen LogP contribution in [0.1, 0.15) is 24.2 Å². The van der Waals surface area contributed by atoms with Gasteiger partial charge in [0.15, 0.2) is 0 Å². The van der Waals surface area contributed by atoms with E-state index >= 15 is 0 Å². The summed E-state index contributed by atoms with van der Waals surface area (Å²) in [6.07, 6.45) is 3.20. The molecule has 0 spiro atoms. The molecule has 0 aliphatic carbocycles. The van der Waals surface area contributed by atoms with Crippen LogP contribution in [0.3, 0.4) is 0 Å². The molecule has 3 heteroatoms. The molecule has 1 aromatic heterocycles. The van der Waals surface area contributed by atoms with Gasteiger partial charge in [-0.2, -0.15) is 0 Å². The van der Waals surface area contributed by atoms with Crippen LogP contribution in [-0.2, 0) is 0 Å². The van der Waals surface area contributed by atoms with Crippen LogP contribution in [0.4, 0.5) is 0 Å². The molecule has 0 aliphatic heterocycles. The van der Waals surface area contributed by atoms with Crippen molar-refractivity contribution in [2.75, 3.05) is 0 Å². The summed E-state index contributed by atoms with van der Waals surface area (Å²) >= 11 is 0. The first kappa shape index (κ1) is 8.71. The second kappa shape index (κ2) is 3.85. The Balaban J connectivity index is 2.66. The minimum absolute atomic E-state index is 0.0712. The fraction of sp³-hybridized carbons (Fsp3) is 0.333. The molecule has 3 nitrogen and oxygen atoms in total. The van der Waals surface area contributed by atoms with E-state index < -0.39 is 0 Å². The first-order valence-corrected chi connectivity index (χ1v) is 3.91. The summed E-state index contributed by atoms with van der Waals surface area (Å²) in [5.41, 5.74) is 0.603. The van der Waals surface area contributed by atoms with E-state index in [-0.39, 0.29) is 11.9 Å². The summed E-state index contributed by atoms with van der Waals surface area (Å²) in [6, 6.07) is 3.65. The third-order valence-corrected chi connectivity index (χ3v) is 1.34. The molecule has 0 aliphatic rings. The molecule has 0 atom stereocenters. The lowest BCUT2D eigenvalue weighted by molar-refractivity contribution is 0.0943. The fourth-order valence-electron chi connectivity index (χ4n) is 0.843. The van der Waals surface area contributed by atoms with Crippen LogP contribution in [0.2, 0.25) is 0 Å². The molecule has 12 heavy (non-hydrogen) atoms. The minimum Gasteiger partial charge on any atom is -0.350 e. The Morgan fingerprint density at radius 2 is 2.33 bits per heavy atom. The number of nitrogens with one attached hydrogen (secondary N) is 1. The summed E-state index contributed by atoms with van der Waals surface area (Å²) in [7, 11) is 0. The van der Waals surface area contributed by atoms with Crippen molar-refractivity contribution >= 4 is 5.91 Å². The molecule has 0 radical (unpaired) electrons. The van der Waals surface area contributed by atoms with Crippen molar-refractivity contribution in [3.63, 3.8) is 0 Å². The number of carbonyl (C=O) groups excluding carboxylic acids is 1. The van der Waals surface area contributed by atoms with Crippen LogP contribution in [0.15, 0.2) is 24.5 Å². The number of hydrogen-bond donors (Lipinski definition) is 1. The normalized spacial score (nSPS) is 9.92. The van der Waals surface area contributed by atoms with Gasteiger partial charge in [-0.25, -0.2) is 0 Å². The molecule has 64 valence electrons. The number of aromatic nitrogens is 1. The van der Waals surface area contributed by atoms with Gasteiger partial charge in [0.05, 0.1) is 5.56 Å². The fourth-order valence-corrected chi connectivity index (χ4v) is 0.843. The van der Waals surface area contributed by atoms with Crippen LogP contribution in [0.5, 0.6) is 0 Å². The summed E-state index contributed by atoms with van der Waals surface area (Å²) in [4.78, 5) is 15.2. The maximum atomic E-state index is 11.3. The van der Waals surface area contributed by atoms with E-state index in [0.29, 0.717) is 5.56 Å². The topological polar surface area (TPSA) is 42.0 Å². The highest BCUT2D eigenvalue weighted by Crippen LogP contribution is 1.95. The molecule has 0 saturated heterocycles. The molecule has 0 unspecified atom stereocenters. The van der Waals surface area contributed by atoms with Crippen LogP contribution in [0, 0.1) is 0 Å². The van der Waals surface area contributed by atoms with Gasteiger partial charge in [-0.1, -0.05) is 0 Å². The number of pyridine rings is 1. The number of rotatable bonds is 2. The molecule has 0 aromatic carbocycles. The Kier molecular flexibility index (Phi) is 2.80. The standard InChI is InChI=1S/C9H12N2O/c1-7(2)11-9(12)8-4-3-5-10-6-8/h3-7H,1-2H3,(H,11,12). The number of nitrogens with zero attached hydrogens (tertiary/aromatic N) is 1. The average molecular weight is 164 g/mol. The molecule has 1 heterocycles. The third kappa shape index (κ3) is 2.34. The molecule has 1 aromatic rings. The predicted molar refractivity (Wildman–Crippen MR) is 46.8 cm³/mol. The van der Waals surface area contributed by atoms with E-state index in [2.05, 4.69) is 10.3 Å². The van der Waals surface area contributed by atoms with Gasteiger partial charge in [0.2, 0.25) is 0 Å². The Morgan fingerprint density at radius 3 is 2.83 bits per heavy atom. The molecule has 0 bridgehead atoms.